The van der Waals surface area contributed by atoms with Gasteiger partial charge in [-0.1, -0.05) is 32.0 Å². The van der Waals surface area contributed by atoms with Crippen LogP contribution in [-0.4, -0.2) is 46.8 Å². The number of aromatic nitrogens is 2. The van der Waals surface area contributed by atoms with E-state index in [1.54, 1.807) is 35.8 Å². The van der Waals surface area contributed by atoms with Crippen molar-refractivity contribution < 1.29 is 22.8 Å². The molecule has 0 saturated heterocycles. The van der Waals surface area contributed by atoms with Gasteiger partial charge in [-0.05, 0) is 71.6 Å². The predicted octanol–water partition coefficient (Wildman–Crippen LogP) is 4.81. The van der Waals surface area contributed by atoms with E-state index >= 15 is 0 Å². The largest absolute Gasteiger partial charge is 0.416 e. The number of carbonyl (C=O) groups excluding carboxylic acids is 2. The summed E-state index contributed by atoms with van der Waals surface area (Å²) < 4.78 is 40.8. The first kappa shape index (κ1) is 29.3. The number of hydrogen-bond acceptors (Lipinski definition) is 4. The number of urea groups is 1. The molecule has 3 amide bonds. The Bertz CT molecular complexity index is 1630. The van der Waals surface area contributed by atoms with E-state index < -0.39 is 17.8 Å². The molecule has 2 heterocycles. The molecule has 1 aliphatic heterocycles. The molecule has 5 rings (SSSR count). The number of alkyl halides is 3. The third kappa shape index (κ3) is 5.77. The highest BCUT2D eigenvalue weighted by atomic mass is 19.4. The number of anilines is 2. The minimum absolute atomic E-state index is 0.0399. The molecular weight excluding hydrogens is 545 g/mol. The molecule has 2 aliphatic rings. The lowest BCUT2D eigenvalue weighted by Gasteiger charge is -2.55. The predicted molar refractivity (Wildman–Crippen MR) is 154 cm³/mol. The molecule has 1 aliphatic carbocycles. The van der Waals surface area contributed by atoms with E-state index in [1.165, 1.54) is 12.1 Å². The van der Waals surface area contributed by atoms with E-state index in [9.17, 15) is 22.8 Å². The molecule has 222 valence electrons. The van der Waals surface area contributed by atoms with Crippen molar-refractivity contribution in [2.24, 2.45) is 29.3 Å². The first-order valence-electron chi connectivity index (χ1n) is 13.9. The van der Waals surface area contributed by atoms with Crippen LogP contribution in [-0.2, 0) is 18.0 Å². The zero-order chi connectivity index (χ0) is 30.4. The van der Waals surface area contributed by atoms with Gasteiger partial charge in [0.1, 0.15) is 0 Å². The van der Waals surface area contributed by atoms with Gasteiger partial charge in [-0.2, -0.15) is 18.3 Å². The number of fused-ring (bicyclic) bond motifs is 1. The smallest absolute Gasteiger partial charge is 0.349 e. The summed E-state index contributed by atoms with van der Waals surface area (Å²) in [4.78, 5) is 31.6. The Kier molecular flexibility index (Phi) is 7.63. The van der Waals surface area contributed by atoms with E-state index in [0.717, 1.165) is 46.8 Å². The fraction of sp³-hybridized carbons (Fsp3) is 0.419. The van der Waals surface area contributed by atoms with Gasteiger partial charge in [0.25, 0.3) is 0 Å². The average molecular weight is 581 g/mol. The lowest BCUT2D eigenvalue weighted by atomic mass is 9.51. The van der Waals surface area contributed by atoms with E-state index in [-0.39, 0.29) is 23.1 Å². The maximum absolute atomic E-state index is 13.0. The molecule has 42 heavy (non-hydrogen) atoms. The van der Waals surface area contributed by atoms with Gasteiger partial charge in [0.15, 0.2) is 5.49 Å². The summed E-state index contributed by atoms with van der Waals surface area (Å²) in [6.45, 7) is 4.46. The van der Waals surface area contributed by atoms with Crippen LogP contribution in [0.1, 0.15) is 44.2 Å². The molecule has 1 unspecified atom stereocenters. The number of amides is 3. The molecule has 3 atom stereocenters. The van der Waals surface area contributed by atoms with Gasteiger partial charge >= 0.3 is 12.2 Å². The van der Waals surface area contributed by atoms with Gasteiger partial charge in [0, 0.05) is 44.2 Å². The molecule has 8 nitrogen and oxygen atoms in total. The summed E-state index contributed by atoms with van der Waals surface area (Å²) in [5.74, 6) is 0.762. The van der Waals surface area contributed by atoms with Gasteiger partial charge < -0.3 is 15.5 Å². The minimum atomic E-state index is -4.50. The molecule has 1 aromatic heterocycles. The monoisotopic (exact) mass is 580 g/mol. The van der Waals surface area contributed by atoms with Crippen LogP contribution < -0.4 is 21.3 Å². The molecule has 0 bridgehead atoms. The van der Waals surface area contributed by atoms with Gasteiger partial charge in [-0.15, -0.1) is 0 Å². The van der Waals surface area contributed by atoms with Crippen LogP contribution in [0.25, 0.3) is 5.57 Å². The Hall–Kier alpha value is -4.15. The summed E-state index contributed by atoms with van der Waals surface area (Å²) >= 11 is 0. The molecule has 3 aromatic rings. The standard InChI is InChI=1S/C31H35F3N6O2/c1-30(2)20(15-27(41)39(3)4)14-25(30)26-16-23(24-17-35-40(5)28(24)38-26)18-9-11-21(12-10-18)36-29(42)37-22-8-6-7-19(13-22)31(32,33)34/h6-13,17,20,25-26H,14-16H2,1-5H3,(H2,36,37,42)/t20-,25+,26?/m0/s1. The number of carbonyl (C=O) groups is 2. The highest BCUT2D eigenvalue weighted by molar-refractivity contribution is 5.99. The van der Waals surface area contributed by atoms with Crippen LogP contribution >= 0.6 is 0 Å². The van der Waals surface area contributed by atoms with Crippen molar-refractivity contribution in [2.75, 3.05) is 24.7 Å². The van der Waals surface area contributed by atoms with Crippen molar-refractivity contribution in [2.45, 2.75) is 45.3 Å². The zero-order valence-electron chi connectivity index (χ0n) is 24.3. The number of nitrogens with one attached hydrogen (secondary N) is 2. The van der Waals surface area contributed by atoms with Crippen molar-refractivity contribution in [1.29, 1.82) is 0 Å². The Labute approximate surface area is 242 Å². The SMILES string of the molecule is CN(C)C(=O)C[C@@H]1C[C@H](C2CC(c3ccc(NC(=O)Nc4cccc(C(F)(F)F)c4)cc3)=c3cnn(C)c3=N2)C1(C)C. The first-order chi connectivity index (χ1) is 19.7. The second-order valence-electron chi connectivity index (χ2n) is 12.0. The molecule has 0 radical (unpaired) electrons. The van der Waals surface area contributed by atoms with Crippen LogP contribution in [0.5, 0.6) is 0 Å². The Balaban J connectivity index is 1.31. The molecule has 2 aromatic carbocycles. The topological polar surface area (TPSA) is 91.6 Å². The van der Waals surface area contributed by atoms with Gasteiger partial charge in [0.2, 0.25) is 5.91 Å². The van der Waals surface area contributed by atoms with Crippen LogP contribution in [0.15, 0.2) is 59.7 Å². The highest BCUT2D eigenvalue weighted by Gasteiger charge is 2.52. The van der Waals surface area contributed by atoms with Crippen LogP contribution in [0.4, 0.5) is 29.3 Å². The van der Waals surface area contributed by atoms with Crippen molar-refractivity contribution in [3.8, 4) is 0 Å². The summed E-state index contributed by atoms with van der Waals surface area (Å²) in [6, 6.07) is 11.2. The maximum Gasteiger partial charge on any atom is 0.416 e. The van der Waals surface area contributed by atoms with Gasteiger partial charge in [0.05, 0.1) is 17.8 Å². The number of rotatable bonds is 6. The molecular formula is C31H35F3N6O2. The lowest BCUT2D eigenvalue weighted by molar-refractivity contribution is -0.137. The van der Waals surface area contributed by atoms with Crippen molar-refractivity contribution in [1.82, 2.24) is 14.7 Å². The van der Waals surface area contributed by atoms with Crippen molar-refractivity contribution >= 4 is 28.9 Å². The van der Waals surface area contributed by atoms with E-state index in [2.05, 4.69) is 29.6 Å². The van der Waals surface area contributed by atoms with Crippen molar-refractivity contribution in [3.05, 3.63) is 76.6 Å². The third-order valence-electron chi connectivity index (χ3n) is 8.80. The second kappa shape index (κ2) is 10.9. The van der Waals surface area contributed by atoms with Gasteiger partial charge in [-0.25, -0.2) is 4.79 Å². The molecule has 2 N–H and O–H groups in total. The van der Waals surface area contributed by atoms with E-state index in [1.807, 2.05) is 25.4 Å². The number of aryl methyl sites for hydroxylation is 1. The molecule has 1 saturated carbocycles. The van der Waals surface area contributed by atoms with E-state index in [4.69, 9.17) is 4.99 Å². The number of nitrogens with zero attached hydrogens (tertiary/aromatic N) is 4. The normalized spacial score (nSPS) is 21.0. The zero-order valence-corrected chi connectivity index (χ0v) is 24.3. The van der Waals surface area contributed by atoms with Gasteiger partial charge in [-0.3, -0.25) is 14.5 Å². The Morgan fingerprint density at radius 1 is 1.07 bits per heavy atom. The maximum atomic E-state index is 13.0. The minimum Gasteiger partial charge on any atom is -0.349 e. The summed E-state index contributed by atoms with van der Waals surface area (Å²) in [7, 11) is 5.45. The fourth-order valence-corrected chi connectivity index (χ4v) is 6.09. The average Bonchev–Trinajstić information content (AvgIpc) is 3.30. The quantitative estimate of drug-likeness (QED) is 0.438. The fourth-order valence-electron chi connectivity index (χ4n) is 6.09. The Morgan fingerprint density at radius 2 is 1.76 bits per heavy atom. The molecule has 0 spiro atoms. The van der Waals surface area contributed by atoms with Crippen LogP contribution in [0.3, 0.4) is 0 Å². The number of hydrogen-bond donors (Lipinski definition) is 2. The summed E-state index contributed by atoms with van der Waals surface area (Å²) in [6.07, 6.45) is -0.479. The molecule has 11 heteroatoms. The van der Waals surface area contributed by atoms with E-state index in [0.29, 0.717) is 23.9 Å². The Morgan fingerprint density at radius 3 is 2.40 bits per heavy atom. The summed E-state index contributed by atoms with van der Waals surface area (Å²) in [5, 5.41) is 10.6. The van der Waals surface area contributed by atoms with Crippen molar-refractivity contribution in [3.63, 3.8) is 0 Å². The third-order valence-corrected chi connectivity index (χ3v) is 8.80. The highest BCUT2D eigenvalue weighted by Crippen LogP contribution is 2.56. The first-order valence-corrected chi connectivity index (χ1v) is 13.9. The second-order valence-corrected chi connectivity index (χ2v) is 12.0. The number of halogens is 3. The lowest BCUT2D eigenvalue weighted by Crippen LogP contribution is -2.53. The number of benzene rings is 2. The van der Waals surface area contributed by atoms with Crippen LogP contribution in [0.2, 0.25) is 0 Å². The summed E-state index contributed by atoms with van der Waals surface area (Å²) in [5.41, 5.74) is 2.58. The molecule has 1 fully saturated rings. The van der Waals surface area contributed by atoms with Crippen LogP contribution in [0, 0.1) is 17.3 Å².